The fourth-order valence-corrected chi connectivity index (χ4v) is 2.73. The van der Waals surface area contributed by atoms with Gasteiger partial charge in [-0.05, 0) is 59.4 Å². The Hall–Kier alpha value is -0.610. The molecule has 1 aliphatic rings. The Labute approximate surface area is 110 Å². The number of halogens is 2. The van der Waals surface area contributed by atoms with Gasteiger partial charge in [-0.3, -0.25) is 0 Å². The summed E-state index contributed by atoms with van der Waals surface area (Å²) in [5.41, 5.74) is 0.718. The van der Waals surface area contributed by atoms with E-state index in [1.54, 1.807) is 19.2 Å². The van der Waals surface area contributed by atoms with E-state index in [1.165, 1.54) is 12.8 Å². The molecule has 0 radical (unpaired) electrons. The molecule has 0 bridgehead atoms. The number of hydrogen-bond donors (Lipinski definition) is 1. The minimum Gasteiger partial charge on any atom is -0.497 e. The van der Waals surface area contributed by atoms with Gasteiger partial charge in [-0.2, -0.15) is 0 Å². The maximum atomic E-state index is 13.9. The fraction of sp³-hybridized carbons (Fsp3) is 0.538. The molecule has 1 N–H and O–H groups in total. The zero-order valence-electron chi connectivity index (χ0n) is 9.93. The normalized spacial score (nSPS) is 20.3. The summed E-state index contributed by atoms with van der Waals surface area (Å²) in [7, 11) is 1.60. The molecule has 0 saturated carbocycles. The molecule has 1 aliphatic heterocycles. The van der Waals surface area contributed by atoms with Crippen molar-refractivity contribution in [3.05, 3.63) is 28.0 Å². The summed E-state index contributed by atoms with van der Waals surface area (Å²) in [6.45, 7) is 1.04. The molecule has 0 amide bonds. The molecule has 2 nitrogen and oxygen atoms in total. The van der Waals surface area contributed by atoms with E-state index in [4.69, 9.17) is 4.74 Å². The van der Waals surface area contributed by atoms with Crippen LogP contribution < -0.4 is 10.1 Å². The Morgan fingerprint density at radius 2 is 2.29 bits per heavy atom. The minimum absolute atomic E-state index is 0.168. The largest absolute Gasteiger partial charge is 0.497 e. The van der Waals surface area contributed by atoms with Crippen LogP contribution in [0, 0.1) is 5.82 Å². The first-order valence-corrected chi connectivity index (χ1v) is 6.75. The minimum atomic E-state index is -0.168. The van der Waals surface area contributed by atoms with Gasteiger partial charge in [0.2, 0.25) is 0 Å². The highest BCUT2D eigenvalue weighted by Gasteiger charge is 2.17. The van der Waals surface area contributed by atoms with Gasteiger partial charge in [0.05, 0.1) is 11.6 Å². The molecule has 1 heterocycles. The second kappa shape index (κ2) is 5.83. The lowest BCUT2D eigenvalue weighted by Crippen LogP contribution is -2.35. The van der Waals surface area contributed by atoms with Gasteiger partial charge in [-0.15, -0.1) is 0 Å². The molecule has 4 heteroatoms. The fourth-order valence-electron chi connectivity index (χ4n) is 2.25. The standard InChI is InChI=1S/C13H17BrFNO/c1-17-11-7-9(13(15)12(14)8-11)6-10-4-2-3-5-16-10/h7-8,10,16H,2-6H2,1H3. The van der Waals surface area contributed by atoms with E-state index in [0.717, 1.165) is 24.9 Å². The van der Waals surface area contributed by atoms with Crippen LogP contribution in [0.2, 0.25) is 0 Å². The quantitative estimate of drug-likeness (QED) is 0.925. The molecule has 17 heavy (non-hydrogen) atoms. The average molecular weight is 302 g/mol. The molecule has 0 aliphatic carbocycles. The number of ether oxygens (including phenoxy) is 1. The van der Waals surface area contributed by atoms with Gasteiger partial charge in [-0.25, -0.2) is 4.39 Å². The Kier molecular flexibility index (Phi) is 4.40. The van der Waals surface area contributed by atoms with Crippen LogP contribution in [0.15, 0.2) is 16.6 Å². The van der Waals surface area contributed by atoms with Crippen LogP contribution in [0.25, 0.3) is 0 Å². The summed E-state index contributed by atoms with van der Waals surface area (Å²) in [6, 6.07) is 3.83. The van der Waals surface area contributed by atoms with Crippen LogP contribution in [0.3, 0.4) is 0 Å². The van der Waals surface area contributed by atoms with Gasteiger partial charge in [0.1, 0.15) is 11.6 Å². The topological polar surface area (TPSA) is 21.3 Å². The lowest BCUT2D eigenvalue weighted by Gasteiger charge is -2.24. The van der Waals surface area contributed by atoms with E-state index in [1.807, 2.05) is 0 Å². The highest BCUT2D eigenvalue weighted by Crippen LogP contribution is 2.27. The predicted molar refractivity (Wildman–Crippen MR) is 70.0 cm³/mol. The summed E-state index contributed by atoms with van der Waals surface area (Å²) in [5.74, 6) is 0.530. The van der Waals surface area contributed by atoms with Crippen LogP contribution in [-0.2, 0) is 6.42 Å². The summed E-state index contributed by atoms with van der Waals surface area (Å²) in [4.78, 5) is 0. The first-order valence-electron chi connectivity index (χ1n) is 5.96. The van der Waals surface area contributed by atoms with Crippen molar-refractivity contribution in [3.63, 3.8) is 0 Å². The molecular weight excluding hydrogens is 285 g/mol. The van der Waals surface area contributed by atoms with E-state index in [9.17, 15) is 4.39 Å². The van der Waals surface area contributed by atoms with E-state index >= 15 is 0 Å². The molecule has 1 aromatic carbocycles. The molecule has 94 valence electrons. The van der Waals surface area contributed by atoms with Gasteiger partial charge in [0.15, 0.2) is 0 Å². The van der Waals surface area contributed by atoms with Crippen LogP contribution in [-0.4, -0.2) is 19.7 Å². The van der Waals surface area contributed by atoms with Crippen molar-refractivity contribution in [1.29, 1.82) is 0 Å². The van der Waals surface area contributed by atoms with Crippen molar-refractivity contribution in [2.45, 2.75) is 31.7 Å². The average Bonchev–Trinajstić information content (AvgIpc) is 2.36. The maximum Gasteiger partial charge on any atom is 0.140 e. The Balaban J connectivity index is 2.15. The Morgan fingerprint density at radius 3 is 2.94 bits per heavy atom. The van der Waals surface area contributed by atoms with Crippen molar-refractivity contribution in [2.75, 3.05) is 13.7 Å². The number of hydrogen-bond acceptors (Lipinski definition) is 2. The Morgan fingerprint density at radius 1 is 1.47 bits per heavy atom. The second-order valence-corrected chi connectivity index (χ2v) is 5.29. The number of methoxy groups -OCH3 is 1. The number of piperidine rings is 1. The molecule has 0 aromatic heterocycles. The van der Waals surface area contributed by atoms with Gasteiger partial charge < -0.3 is 10.1 Å². The van der Waals surface area contributed by atoms with Crippen LogP contribution in [0.4, 0.5) is 4.39 Å². The first kappa shape index (κ1) is 12.8. The van der Waals surface area contributed by atoms with Gasteiger partial charge in [0.25, 0.3) is 0 Å². The molecule has 1 saturated heterocycles. The van der Waals surface area contributed by atoms with E-state index < -0.39 is 0 Å². The molecule has 1 fully saturated rings. The van der Waals surface area contributed by atoms with E-state index in [0.29, 0.717) is 16.3 Å². The summed E-state index contributed by atoms with van der Waals surface area (Å²) < 4.78 is 19.6. The monoisotopic (exact) mass is 301 g/mol. The predicted octanol–water partition coefficient (Wildman–Crippen LogP) is 3.28. The zero-order valence-corrected chi connectivity index (χ0v) is 11.5. The van der Waals surface area contributed by atoms with Gasteiger partial charge in [-0.1, -0.05) is 6.42 Å². The SMILES string of the molecule is COc1cc(Br)c(F)c(CC2CCCCN2)c1. The third-order valence-corrected chi connectivity index (χ3v) is 3.77. The van der Waals surface area contributed by atoms with Gasteiger partial charge in [0, 0.05) is 6.04 Å². The molecular formula is C13H17BrFNO. The van der Waals surface area contributed by atoms with E-state index in [2.05, 4.69) is 21.2 Å². The highest BCUT2D eigenvalue weighted by atomic mass is 79.9. The third kappa shape index (κ3) is 3.19. The van der Waals surface area contributed by atoms with Crippen molar-refractivity contribution < 1.29 is 9.13 Å². The number of nitrogens with one attached hydrogen (secondary N) is 1. The van der Waals surface area contributed by atoms with Gasteiger partial charge >= 0.3 is 0 Å². The maximum absolute atomic E-state index is 13.9. The van der Waals surface area contributed by atoms with Crippen molar-refractivity contribution in [3.8, 4) is 5.75 Å². The summed E-state index contributed by atoms with van der Waals surface area (Å²) in [5, 5.41) is 3.43. The Bertz CT molecular complexity index is 391. The molecule has 1 aromatic rings. The van der Waals surface area contributed by atoms with Crippen LogP contribution in [0.5, 0.6) is 5.75 Å². The lowest BCUT2D eigenvalue weighted by molar-refractivity contribution is 0.390. The van der Waals surface area contributed by atoms with E-state index in [-0.39, 0.29) is 5.82 Å². The number of rotatable bonds is 3. The highest BCUT2D eigenvalue weighted by molar-refractivity contribution is 9.10. The molecule has 2 rings (SSSR count). The van der Waals surface area contributed by atoms with Crippen LogP contribution in [0.1, 0.15) is 24.8 Å². The molecule has 1 atom stereocenters. The molecule has 0 spiro atoms. The third-order valence-electron chi connectivity index (χ3n) is 3.19. The smallest absolute Gasteiger partial charge is 0.140 e. The summed E-state index contributed by atoms with van der Waals surface area (Å²) >= 11 is 3.23. The lowest BCUT2D eigenvalue weighted by atomic mass is 9.97. The summed E-state index contributed by atoms with van der Waals surface area (Å²) in [6.07, 6.45) is 4.29. The zero-order chi connectivity index (χ0) is 12.3. The van der Waals surface area contributed by atoms with Crippen molar-refractivity contribution in [2.24, 2.45) is 0 Å². The van der Waals surface area contributed by atoms with Crippen molar-refractivity contribution in [1.82, 2.24) is 5.32 Å². The second-order valence-electron chi connectivity index (χ2n) is 4.43. The first-order chi connectivity index (χ1) is 8.20. The molecule has 1 unspecified atom stereocenters. The van der Waals surface area contributed by atoms with Crippen molar-refractivity contribution >= 4 is 15.9 Å². The van der Waals surface area contributed by atoms with Crippen LogP contribution >= 0.6 is 15.9 Å². The number of benzene rings is 1.